The number of halogens is 1. The van der Waals surface area contributed by atoms with Crippen LogP contribution in [-0.4, -0.2) is 125 Å². The predicted octanol–water partition coefficient (Wildman–Crippen LogP) is 6.35. The van der Waals surface area contributed by atoms with E-state index in [1.807, 2.05) is 18.2 Å². The van der Waals surface area contributed by atoms with Gasteiger partial charge in [0.05, 0.1) is 56.1 Å². The van der Waals surface area contributed by atoms with Crippen molar-refractivity contribution in [1.29, 1.82) is 15.8 Å². The zero-order chi connectivity index (χ0) is 55.7. The van der Waals surface area contributed by atoms with Crippen molar-refractivity contribution in [3.05, 3.63) is 83.5 Å². The van der Waals surface area contributed by atoms with Gasteiger partial charge in [-0.1, -0.05) is 103 Å². The predicted molar refractivity (Wildman–Crippen MR) is 279 cm³/mol. The molecule has 0 unspecified atom stereocenters. The molecule has 0 aliphatic carbocycles. The normalized spacial score (nSPS) is 23.7. The van der Waals surface area contributed by atoms with E-state index in [9.17, 15) is 40.8 Å². The van der Waals surface area contributed by atoms with E-state index in [2.05, 4.69) is 27.1 Å². The second-order valence-corrected chi connectivity index (χ2v) is 21.4. The average molecular weight is 1100 g/mol. The number of hydrogen-bond acceptors (Lipinski definition) is 21. The summed E-state index contributed by atoms with van der Waals surface area (Å²) in [5.74, 6) is -0.542. The Kier molecular flexibility index (Phi) is 21.8. The van der Waals surface area contributed by atoms with E-state index in [4.69, 9.17) is 44.0 Å². The average Bonchev–Trinajstić information content (AvgIpc) is 4.22. The van der Waals surface area contributed by atoms with Crippen LogP contribution in [0.2, 0.25) is 0 Å². The molecule has 422 valence electrons. The monoisotopic (exact) mass is 1100 g/mol. The lowest BCUT2D eigenvalue weighted by molar-refractivity contribution is -0.0803. The molecule has 25 heteroatoms. The second-order valence-electron chi connectivity index (χ2n) is 19.8. The van der Waals surface area contributed by atoms with E-state index in [0.717, 1.165) is 44.4 Å². The van der Waals surface area contributed by atoms with E-state index in [0.29, 0.717) is 6.61 Å². The maximum Gasteiger partial charge on any atom is 0.475 e. The lowest BCUT2D eigenvalue weighted by atomic mass is 9.92. The van der Waals surface area contributed by atoms with Crippen molar-refractivity contribution in [3.63, 3.8) is 0 Å². The van der Waals surface area contributed by atoms with Crippen LogP contribution in [0.3, 0.4) is 0 Å². The van der Waals surface area contributed by atoms with Crippen LogP contribution in [0.4, 0.5) is 16.0 Å². The fraction of sp³-hybridized carbons (Fsp3) is 0.604. The summed E-state index contributed by atoms with van der Waals surface area (Å²) in [6.45, 7) is -0.284. The summed E-state index contributed by atoms with van der Waals surface area (Å²) in [7, 11) is -5.03. The lowest BCUT2D eigenvalue weighted by Gasteiger charge is -2.26. The Labute approximate surface area is 452 Å². The van der Waals surface area contributed by atoms with Crippen LogP contribution in [0.25, 0.3) is 11.0 Å². The minimum atomic E-state index is -5.03. The number of phosphoric acid groups is 1. The summed E-state index contributed by atoms with van der Waals surface area (Å²) in [6, 6.07) is 15.4. The van der Waals surface area contributed by atoms with E-state index in [1.54, 1.807) is 0 Å². The van der Waals surface area contributed by atoms with Crippen LogP contribution in [-0.2, 0) is 54.9 Å². The van der Waals surface area contributed by atoms with Crippen LogP contribution in [0.5, 0.6) is 0 Å². The Bertz CT molecular complexity index is 2780. The molecule has 23 nitrogen and oxygen atoms in total. The van der Waals surface area contributed by atoms with Crippen molar-refractivity contribution in [2.24, 2.45) is 0 Å². The molecule has 2 saturated heterocycles. The van der Waals surface area contributed by atoms with E-state index in [-0.39, 0.29) is 58.4 Å². The Morgan fingerprint density at radius 3 is 1.63 bits per heavy atom. The molecule has 0 spiro atoms. The Morgan fingerprint density at radius 1 is 0.692 bits per heavy atom. The molecule has 78 heavy (non-hydrogen) atoms. The van der Waals surface area contributed by atoms with Crippen molar-refractivity contribution < 1.29 is 61.9 Å². The van der Waals surface area contributed by atoms with Gasteiger partial charge in [-0.2, -0.15) is 26.0 Å². The fourth-order valence-corrected chi connectivity index (χ4v) is 11.0. The van der Waals surface area contributed by atoms with E-state index >= 15 is 4.39 Å². The number of aromatic nitrogens is 6. The van der Waals surface area contributed by atoms with Gasteiger partial charge >= 0.3 is 7.82 Å². The number of nitrogens with two attached hydrogens (primary N) is 2. The van der Waals surface area contributed by atoms with Crippen LogP contribution in [0.1, 0.15) is 132 Å². The zero-order valence-electron chi connectivity index (χ0n) is 43.9. The third-order valence-corrected chi connectivity index (χ3v) is 15.7. The van der Waals surface area contributed by atoms with Crippen LogP contribution in [0.15, 0.2) is 55.1 Å². The van der Waals surface area contributed by atoms with E-state index in [1.165, 1.54) is 122 Å². The van der Waals surface area contributed by atoms with Crippen molar-refractivity contribution in [1.82, 2.24) is 29.2 Å². The highest BCUT2D eigenvalue weighted by Gasteiger charge is 2.59. The maximum atomic E-state index is 15.0. The van der Waals surface area contributed by atoms with Crippen molar-refractivity contribution in [3.8, 4) is 18.2 Å². The summed E-state index contributed by atoms with van der Waals surface area (Å²) in [6.07, 6.45) is 9.69. The van der Waals surface area contributed by atoms with Crippen molar-refractivity contribution in [2.45, 2.75) is 170 Å². The number of anilines is 2. The zero-order valence-corrected chi connectivity index (χ0v) is 44.7. The van der Waals surface area contributed by atoms with Gasteiger partial charge in [0.1, 0.15) is 84.4 Å². The van der Waals surface area contributed by atoms with E-state index < -0.39 is 87.4 Å². The molecular weight excluding hydrogens is 1030 g/mol. The number of nitrogen functional groups attached to an aromatic ring is 2. The number of benzene rings is 1. The number of unbranched alkanes of at least 4 members (excludes halogenated alkanes) is 15. The molecular formula is C53H71FN11O12P. The second kappa shape index (κ2) is 28.4. The highest BCUT2D eigenvalue weighted by Crippen LogP contribution is 2.52. The molecule has 7 rings (SSSR count). The van der Waals surface area contributed by atoms with Gasteiger partial charge in [-0.15, -0.1) is 0 Å². The number of aliphatic hydroxyl groups is 4. The smallest absolute Gasteiger partial charge is 0.387 e. The molecule has 1 aromatic carbocycles. The first-order valence-corrected chi connectivity index (χ1v) is 28.2. The summed E-state index contributed by atoms with van der Waals surface area (Å²) in [5.41, 5.74) is 8.21. The van der Waals surface area contributed by atoms with Gasteiger partial charge in [0.2, 0.25) is 11.2 Å². The summed E-state index contributed by atoms with van der Waals surface area (Å²) in [4.78, 5) is 7.88. The van der Waals surface area contributed by atoms with Crippen molar-refractivity contribution >= 4 is 30.5 Å². The Balaban J connectivity index is 1.02. The first kappa shape index (κ1) is 59.9. The van der Waals surface area contributed by atoms with Gasteiger partial charge in [-0.3, -0.25) is 13.6 Å². The highest BCUT2D eigenvalue weighted by molar-refractivity contribution is 7.48. The number of nitriles is 3. The quantitative estimate of drug-likeness (QED) is 0.0197. The molecule has 9 atom stereocenters. The molecule has 0 radical (unpaired) electrons. The van der Waals surface area contributed by atoms with Gasteiger partial charge in [-0.05, 0) is 48.9 Å². The Hall–Kier alpha value is -5.75. The number of fused-ring (bicyclic) bond motifs is 2. The number of phosphoric ester groups is 1. The van der Waals surface area contributed by atoms with Gasteiger partial charge in [0.15, 0.2) is 11.6 Å². The third kappa shape index (κ3) is 14.2. The highest BCUT2D eigenvalue weighted by atomic mass is 31.2. The minimum absolute atomic E-state index is 0.0213. The van der Waals surface area contributed by atoms with Gasteiger partial charge < -0.3 is 50.8 Å². The van der Waals surface area contributed by atoms with Crippen LogP contribution in [0, 0.1) is 39.8 Å². The summed E-state index contributed by atoms with van der Waals surface area (Å²) < 4.78 is 74.0. The van der Waals surface area contributed by atoms with Crippen molar-refractivity contribution in [2.75, 3.05) is 44.5 Å². The molecule has 5 aromatic rings. The molecule has 6 heterocycles. The van der Waals surface area contributed by atoms with Gasteiger partial charge in [-0.25, -0.2) is 28.0 Å². The number of hydrogen-bond donors (Lipinski definition) is 6. The summed E-state index contributed by atoms with van der Waals surface area (Å²) >= 11 is 0. The number of nitrogens with zero attached hydrogens (tertiary/aromatic N) is 9. The fourth-order valence-electron chi connectivity index (χ4n) is 9.79. The summed E-state index contributed by atoms with van der Waals surface area (Å²) in [5, 5.41) is 84.3. The van der Waals surface area contributed by atoms with Gasteiger partial charge in [0, 0.05) is 12.2 Å². The first-order valence-electron chi connectivity index (χ1n) is 26.7. The number of aliphatic hydroxyl groups excluding tert-OH is 4. The molecule has 0 amide bonds. The topological polar surface area (TPSA) is 346 Å². The standard InChI is InChI=1S/C53H71FN11O12P/c1-2-3-4-5-6-7-8-9-10-11-12-13-14-15-16-17-24-71-28-38(72-27-37-25-36(26-55)18-19-39(37)54)29-73-78(70,74-30-42-46(66)48(68)52(32-56,76-42)44-22-20-40-50(58)60-34-62-64(40)44)75-31-43-47(67)49(69)53(33-57,77-43)45-23-21-41-51(59)61-35-63-65(41)45/h18-23,25,34-35,38,42-43,46-49,66-69H,2-17,24,27-31H2,1H3,(H2,58,60,62)(H2,59,61,63)/t38-,42-,43-,46-,47-,48-,49-,52+,53+/m1/s1. The molecule has 2 fully saturated rings. The SMILES string of the molecule is CCCCCCCCCCCCCCCCCCOC[C@H](COP(=O)(OC[C@H]1O[C@@](C#N)(c2ccc3c(N)ncnn23)[C@H](O)[C@@H]1O)OC[C@H]1O[C@@](C#N)(c2ccc3c(N)ncnn23)[C@H](O)[C@@H]1O)OCc1cc(C#N)ccc1F. The third-order valence-electron chi connectivity index (χ3n) is 14.3. The number of rotatable bonds is 33. The largest absolute Gasteiger partial charge is 0.475 e. The molecule has 0 bridgehead atoms. The molecule has 2 aliphatic rings. The molecule has 8 N–H and O–H groups in total. The van der Waals surface area contributed by atoms with Crippen LogP contribution >= 0.6 is 7.82 Å². The number of ether oxygens (including phenoxy) is 4. The Morgan fingerprint density at radius 2 is 1.17 bits per heavy atom. The van der Waals surface area contributed by atoms with Gasteiger partial charge in [0.25, 0.3) is 0 Å². The maximum absolute atomic E-state index is 15.0. The molecule has 4 aromatic heterocycles. The molecule has 0 saturated carbocycles. The minimum Gasteiger partial charge on any atom is -0.387 e. The molecule has 2 aliphatic heterocycles. The van der Waals surface area contributed by atoms with Crippen LogP contribution < -0.4 is 11.5 Å². The first-order chi connectivity index (χ1) is 37.7. The lowest BCUT2D eigenvalue weighted by Crippen LogP contribution is -2.41.